The molecule has 0 N–H and O–H groups in total. The van der Waals surface area contributed by atoms with Crippen molar-refractivity contribution in [2.24, 2.45) is 4.99 Å². The summed E-state index contributed by atoms with van der Waals surface area (Å²) in [5.74, 6) is 6.36. The van der Waals surface area contributed by atoms with Crippen LogP contribution in [0.4, 0.5) is 5.95 Å². The van der Waals surface area contributed by atoms with E-state index in [1.165, 1.54) is 0 Å². The van der Waals surface area contributed by atoms with E-state index in [9.17, 15) is 0 Å². The zero-order valence-electron chi connectivity index (χ0n) is 14.7. The van der Waals surface area contributed by atoms with Crippen LogP contribution in [0.25, 0.3) is 0 Å². The predicted octanol–water partition coefficient (Wildman–Crippen LogP) is 5.07. The first-order valence-electron chi connectivity index (χ1n) is 7.98. The van der Waals surface area contributed by atoms with Crippen LogP contribution < -0.4 is 0 Å². The first-order chi connectivity index (χ1) is 11.9. The Morgan fingerprint density at radius 3 is 2.32 bits per heavy atom. The van der Waals surface area contributed by atoms with Crippen molar-refractivity contribution in [3.63, 3.8) is 0 Å². The van der Waals surface area contributed by atoms with Gasteiger partial charge < -0.3 is 4.90 Å². The molecule has 4 nitrogen and oxygen atoms in total. The smallest absolute Gasteiger partial charge is 0.252 e. The molecule has 0 atom stereocenters. The Kier molecular flexibility index (Phi) is 6.98. The van der Waals surface area contributed by atoms with Crippen molar-refractivity contribution in [3.8, 4) is 11.8 Å². The lowest BCUT2D eigenvalue weighted by Gasteiger charge is -2.27. The van der Waals surface area contributed by atoms with Crippen LogP contribution in [-0.2, 0) is 0 Å². The Balaban J connectivity index is 2.17. The van der Waals surface area contributed by atoms with E-state index in [0.717, 1.165) is 10.0 Å². The lowest BCUT2D eigenvalue weighted by atomic mass is 10.2. The minimum atomic E-state index is 0.299. The minimum absolute atomic E-state index is 0.299. The van der Waals surface area contributed by atoms with E-state index in [1.807, 2.05) is 24.3 Å². The Hall–Kier alpha value is -1.90. The summed E-state index contributed by atoms with van der Waals surface area (Å²) in [5, 5.41) is 0.299. The lowest BCUT2D eigenvalue weighted by molar-refractivity contribution is 0.301. The molecule has 1 aromatic heterocycles. The topological polar surface area (TPSA) is 41.4 Å². The minimum Gasteiger partial charge on any atom is -0.358 e. The standard InChI is InChI=1S/C19H20BrClN4/c1-13(2)25(14(3)4)12-23-19-22-11-16(18(21)24-19)8-5-15-6-9-17(20)10-7-15/h6-7,9-14H,1-4H3. The fourth-order valence-electron chi connectivity index (χ4n) is 2.15. The SMILES string of the molecule is CC(C)N(C=Nc1ncc(C#Cc2ccc(Br)cc2)c(Cl)n1)C(C)C. The van der Waals surface area contributed by atoms with Gasteiger partial charge in [-0.05, 0) is 52.0 Å². The number of rotatable bonds is 4. The molecule has 2 aromatic rings. The summed E-state index contributed by atoms with van der Waals surface area (Å²) in [5.41, 5.74) is 1.47. The van der Waals surface area contributed by atoms with Crippen molar-refractivity contribution >= 4 is 39.8 Å². The van der Waals surface area contributed by atoms with E-state index in [2.05, 4.69) is 75.3 Å². The third-order valence-electron chi connectivity index (χ3n) is 3.41. The normalized spacial score (nSPS) is 11.0. The summed E-state index contributed by atoms with van der Waals surface area (Å²) in [6.07, 6.45) is 3.36. The Bertz CT molecular complexity index is 796. The summed E-state index contributed by atoms with van der Waals surface area (Å²) >= 11 is 9.61. The molecule has 130 valence electrons. The number of halogens is 2. The fraction of sp³-hybridized carbons (Fsp3) is 0.316. The molecule has 0 amide bonds. The van der Waals surface area contributed by atoms with Crippen LogP contribution in [0.3, 0.4) is 0 Å². The monoisotopic (exact) mass is 418 g/mol. The van der Waals surface area contributed by atoms with Crippen LogP contribution in [0.15, 0.2) is 39.9 Å². The molecular weight excluding hydrogens is 400 g/mol. The van der Waals surface area contributed by atoms with Gasteiger partial charge in [-0.3, -0.25) is 0 Å². The van der Waals surface area contributed by atoms with Crippen LogP contribution in [0, 0.1) is 11.8 Å². The molecule has 0 saturated heterocycles. The van der Waals surface area contributed by atoms with E-state index >= 15 is 0 Å². The second-order valence-electron chi connectivity index (χ2n) is 6.01. The second kappa shape index (κ2) is 8.98. The van der Waals surface area contributed by atoms with Crippen molar-refractivity contribution in [2.45, 2.75) is 39.8 Å². The number of benzene rings is 1. The van der Waals surface area contributed by atoms with Gasteiger partial charge in [-0.25, -0.2) is 9.98 Å². The highest BCUT2D eigenvalue weighted by molar-refractivity contribution is 9.10. The Morgan fingerprint density at radius 1 is 1.12 bits per heavy atom. The average Bonchev–Trinajstić information content (AvgIpc) is 2.55. The largest absolute Gasteiger partial charge is 0.358 e. The number of aliphatic imine (C=N–C) groups is 1. The summed E-state index contributed by atoms with van der Waals surface area (Å²) in [6, 6.07) is 8.42. The Morgan fingerprint density at radius 2 is 1.76 bits per heavy atom. The average molecular weight is 420 g/mol. The van der Waals surface area contributed by atoms with E-state index in [1.54, 1.807) is 12.5 Å². The maximum Gasteiger partial charge on any atom is 0.252 e. The molecule has 1 aromatic carbocycles. The molecule has 6 heteroatoms. The van der Waals surface area contributed by atoms with Crippen LogP contribution in [0.5, 0.6) is 0 Å². The van der Waals surface area contributed by atoms with Crippen molar-refractivity contribution in [1.82, 2.24) is 14.9 Å². The summed E-state index contributed by atoms with van der Waals surface area (Å²) < 4.78 is 1.01. The highest BCUT2D eigenvalue weighted by Gasteiger charge is 2.09. The van der Waals surface area contributed by atoms with Gasteiger partial charge in [0.2, 0.25) is 0 Å². The molecule has 0 aliphatic rings. The van der Waals surface area contributed by atoms with Gasteiger partial charge >= 0.3 is 0 Å². The van der Waals surface area contributed by atoms with Gasteiger partial charge in [0.1, 0.15) is 5.15 Å². The number of nitrogens with zero attached hydrogens (tertiary/aromatic N) is 4. The number of hydrogen-bond donors (Lipinski definition) is 0. The molecular formula is C19H20BrClN4. The zero-order valence-corrected chi connectivity index (χ0v) is 17.0. The van der Waals surface area contributed by atoms with E-state index < -0.39 is 0 Å². The first kappa shape index (κ1) is 19.4. The third-order valence-corrected chi connectivity index (χ3v) is 4.23. The van der Waals surface area contributed by atoms with Gasteiger partial charge in [-0.15, -0.1) is 0 Å². The van der Waals surface area contributed by atoms with Crippen molar-refractivity contribution in [2.75, 3.05) is 0 Å². The molecule has 1 heterocycles. The number of hydrogen-bond acceptors (Lipinski definition) is 3. The van der Waals surface area contributed by atoms with Crippen LogP contribution in [0.1, 0.15) is 38.8 Å². The second-order valence-corrected chi connectivity index (χ2v) is 7.28. The highest BCUT2D eigenvalue weighted by atomic mass is 79.9. The first-order valence-corrected chi connectivity index (χ1v) is 9.15. The van der Waals surface area contributed by atoms with Crippen molar-refractivity contribution in [3.05, 3.63) is 51.2 Å². The van der Waals surface area contributed by atoms with E-state index in [0.29, 0.717) is 28.7 Å². The van der Waals surface area contributed by atoms with E-state index in [-0.39, 0.29) is 0 Å². The molecule has 0 saturated carbocycles. The van der Waals surface area contributed by atoms with Crippen molar-refractivity contribution < 1.29 is 0 Å². The fourth-order valence-corrected chi connectivity index (χ4v) is 2.59. The van der Waals surface area contributed by atoms with E-state index in [4.69, 9.17) is 11.6 Å². The van der Waals surface area contributed by atoms with Gasteiger partial charge in [0.15, 0.2) is 0 Å². The van der Waals surface area contributed by atoms with Gasteiger partial charge in [0.25, 0.3) is 5.95 Å². The molecule has 0 bridgehead atoms. The molecule has 0 fully saturated rings. The lowest BCUT2D eigenvalue weighted by Crippen LogP contribution is -2.35. The Labute approximate surface area is 162 Å². The van der Waals surface area contributed by atoms with Crippen LogP contribution in [0.2, 0.25) is 5.15 Å². The molecule has 0 aliphatic heterocycles. The van der Waals surface area contributed by atoms with Gasteiger partial charge in [0, 0.05) is 28.3 Å². The summed E-state index contributed by atoms with van der Waals surface area (Å²) in [4.78, 5) is 14.9. The van der Waals surface area contributed by atoms with Crippen LogP contribution >= 0.6 is 27.5 Å². The maximum atomic E-state index is 6.21. The molecule has 2 rings (SSSR count). The van der Waals surface area contributed by atoms with Crippen LogP contribution in [-0.4, -0.2) is 33.3 Å². The molecule has 0 unspecified atom stereocenters. The predicted molar refractivity (Wildman–Crippen MR) is 107 cm³/mol. The number of aromatic nitrogens is 2. The molecule has 25 heavy (non-hydrogen) atoms. The molecule has 0 spiro atoms. The summed E-state index contributed by atoms with van der Waals surface area (Å²) in [7, 11) is 0. The van der Waals surface area contributed by atoms with Gasteiger partial charge in [-0.1, -0.05) is 39.4 Å². The van der Waals surface area contributed by atoms with Gasteiger partial charge in [-0.2, -0.15) is 4.98 Å². The van der Waals surface area contributed by atoms with Crippen molar-refractivity contribution in [1.29, 1.82) is 0 Å². The zero-order chi connectivity index (χ0) is 18.4. The van der Waals surface area contributed by atoms with Gasteiger partial charge in [0.05, 0.1) is 11.9 Å². The maximum absolute atomic E-state index is 6.21. The highest BCUT2D eigenvalue weighted by Crippen LogP contribution is 2.15. The molecule has 0 aliphatic carbocycles. The summed E-state index contributed by atoms with van der Waals surface area (Å²) in [6.45, 7) is 8.45. The third kappa shape index (κ3) is 5.84. The quantitative estimate of drug-likeness (QED) is 0.301. The molecule has 0 radical (unpaired) electrons.